The number of carbonyl (C=O) groups excluding carboxylic acids is 1. The van der Waals surface area contributed by atoms with E-state index in [2.05, 4.69) is 68.2 Å². The molecule has 0 spiro atoms. The maximum Gasteiger partial charge on any atom is 0.247 e. The van der Waals surface area contributed by atoms with Crippen LogP contribution in [0, 0.1) is 0 Å². The Balaban J connectivity index is 1.47. The molecule has 39 heavy (non-hydrogen) atoms. The molecule has 2 N–H and O–H groups in total. The number of amides is 1. The summed E-state index contributed by atoms with van der Waals surface area (Å²) in [6, 6.07) is 12.2. The average Bonchev–Trinajstić information content (AvgIpc) is 3.58. The minimum atomic E-state index is -0.282. The zero-order valence-corrected chi connectivity index (χ0v) is 22.8. The number of methoxy groups -OCH3 is 1. The molecule has 5 rings (SSSR count). The van der Waals surface area contributed by atoms with E-state index < -0.39 is 0 Å². The minimum absolute atomic E-state index is 0.282. The Morgan fingerprint density at radius 2 is 2.08 bits per heavy atom. The van der Waals surface area contributed by atoms with Gasteiger partial charge in [-0.1, -0.05) is 12.6 Å². The van der Waals surface area contributed by atoms with Crippen LogP contribution in [0.1, 0.15) is 13.3 Å². The molecule has 10 nitrogen and oxygen atoms in total. The number of aromatic nitrogens is 4. The Morgan fingerprint density at radius 3 is 2.79 bits per heavy atom. The van der Waals surface area contributed by atoms with Crippen molar-refractivity contribution in [3.05, 3.63) is 61.6 Å². The molecule has 1 aliphatic rings. The lowest BCUT2D eigenvalue weighted by Gasteiger charge is -2.29. The van der Waals surface area contributed by atoms with Gasteiger partial charge in [0.25, 0.3) is 0 Å². The minimum Gasteiger partial charge on any atom is -0.494 e. The molecular formula is C29H34N8O2. The second kappa shape index (κ2) is 11.1. The highest BCUT2D eigenvalue weighted by atomic mass is 16.5. The van der Waals surface area contributed by atoms with Crippen molar-refractivity contribution in [3.63, 3.8) is 0 Å². The number of likely N-dealkylation sites (N-methyl/N-ethyl adjacent to an activating group) is 2. The SMILES string of the molecule is C=CC(=O)Nc1cc(Nc2cc(-c3ccc4c(cnn4CC)c3)ncn2)c(OC)cc1N(C)C1CCN(C)C1. The number of likely N-dealkylation sites (tertiary alicyclic amines) is 1. The van der Waals surface area contributed by atoms with Gasteiger partial charge >= 0.3 is 0 Å². The number of hydrogen-bond donors (Lipinski definition) is 2. The molecule has 3 heterocycles. The summed E-state index contributed by atoms with van der Waals surface area (Å²) in [4.78, 5) is 25.8. The number of rotatable bonds is 9. The van der Waals surface area contributed by atoms with Crippen LogP contribution in [0.5, 0.6) is 5.75 Å². The number of fused-ring (bicyclic) bond motifs is 1. The second-order valence-corrected chi connectivity index (χ2v) is 9.73. The molecule has 10 heteroatoms. The van der Waals surface area contributed by atoms with E-state index in [4.69, 9.17) is 4.74 Å². The van der Waals surface area contributed by atoms with E-state index >= 15 is 0 Å². The lowest BCUT2D eigenvalue weighted by Crippen LogP contribution is -2.34. The first-order valence-corrected chi connectivity index (χ1v) is 13.0. The molecule has 202 valence electrons. The summed E-state index contributed by atoms with van der Waals surface area (Å²) < 4.78 is 7.73. The molecule has 2 aromatic carbocycles. The zero-order valence-electron chi connectivity index (χ0n) is 22.8. The van der Waals surface area contributed by atoms with Crippen molar-refractivity contribution in [2.75, 3.05) is 49.8 Å². The monoisotopic (exact) mass is 526 g/mol. The van der Waals surface area contributed by atoms with Crippen molar-refractivity contribution >= 4 is 39.7 Å². The van der Waals surface area contributed by atoms with Gasteiger partial charge in [0, 0.05) is 49.3 Å². The smallest absolute Gasteiger partial charge is 0.247 e. The second-order valence-electron chi connectivity index (χ2n) is 9.73. The van der Waals surface area contributed by atoms with Crippen molar-refractivity contribution in [1.82, 2.24) is 24.6 Å². The number of carbonyl (C=O) groups is 1. The van der Waals surface area contributed by atoms with E-state index in [9.17, 15) is 4.79 Å². The predicted octanol–water partition coefficient (Wildman–Crippen LogP) is 4.53. The Hall–Kier alpha value is -4.44. The van der Waals surface area contributed by atoms with E-state index in [1.807, 2.05) is 42.2 Å². The fraction of sp³-hybridized carbons (Fsp3) is 0.310. The van der Waals surface area contributed by atoms with Gasteiger partial charge in [-0.3, -0.25) is 9.48 Å². The van der Waals surface area contributed by atoms with Crippen LogP contribution < -0.4 is 20.3 Å². The molecule has 1 fully saturated rings. The van der Waals surface area contributed by atoms with Crippen molar-refractivity contribution in [1.29, 1.82) is 0 Å². The number of ether oxygens (including phenoxy) is 1. The molecule has 0 bridgehead atoms. The number of benzene rings is 2. The van der Waals surface area contributed by atoms with Crippen LogP contribution in [0.2, 0.25) is 0 Å². The van der Waals surface area contributed by atoms with Crippen LogP contribution in [-0.4, -0.2) is 70.9 Å². The van der Waals surface area contributed by atoms with Crippen molar-refractivity contribution in [2.24, 2.45) is 0 Å². The zero-order chi connectivity index (χ0) is 27.5. The fourth-order valence-electron chi connectivity index (χ4n) is 5.06. The molecule has 1 saturated heterocycles. The maximum atomic E-state index is 12.3. The lowest BCUT2D eigenvalue weighted by molar-refractivity contribution is -0.111. The molecule has 0 saturated carbocycles. The molecular weight excluding hydrogens is 492 g/mol. The highest BCUT2D eigenvalue weighted by Gasteiger charge is 2.26. The highest BCUT2D eigenvalue weighted by molar-refractivity contribution is 6.02. The Bertz CT molecular complexity index is 1510. The molecule has 0 aliphatic carbocycles. The van der Waals surface area contributed by atoms with E-state index in [-0.39, 0.29) is 5.91 Å². The first-order chi connectivity index (χ1) is 18.9. The van der Waals surface area contributed by atoms with Gasteiger partial charge in [-0.05, 0) is 51.2 Å². The van der Waals surface area contributed by atoms with Gasteiger partial charge in [-0.2, -0.15) is 5.10 Å². The first kappa shape index (κ1) is 26.2. The van der Waals surface area contributed by atoms with Crippen LogP contribution in [-0.2, 0) is 11.3 Å². The summed E-state index contributed by atoms with van der Waals surface area (Å²) in [5, 5.41) is 11.8. The summed E-state index contributed by atoms with van der Waals surface area (Å²) in [6.45, 7) is 8.48. The molecule has 1 atom stereocenters. The van der Waals surface area contributed by atoms with Gasteiger partial charge in [-0.15, -0.1) is 0 Å². The predicted molar refractivity (Wildman–Crippen MR) is 156 cm³/mol. The highest BCUT2D eigenvalue weighted by Crippen LogP contribution is 2.39. The van der Waals surface area contributed by atoms with Gasteiger partial charge in [0.15, 0.2) is 0 Å². The molecule has 1 unspecified atom stereocenters. The standard InChI is InChI=1S/C29H34N8O2/c1-6-29(38)34-23-13-24(27(39-5)15-26(23)36(4)21-10-11-35(3)17-21)33-28-14-22(30-18-31-28)19-8-9-25-20(12-19)16-32-37(25)7-2/h6,8-9,12-16,18,21H,1,7,10-11,17H2,2-5H3,(H,34,38)(H,30,31,33). The molecule has 1 aliphatic heterocycles. The van der Waals surface area contributed by atoms with Crippen molar-refractivity contribution < 1.29 is 9.53 Å². The largest absolute Gasteiger partial charge is 0.494 e. The van der Waals surface area contributed by atoms with Crippen LogP contribution in [0.3, 0.4) is 0 Å². The van der Waals surface area contributed by atoms with E-state index in [0.717, 1.165) is 53.9 Å². The Labute approximate surface area is 228 Å². The number of nitrogens with one attached hydrogen (secondary N) is 2. The summed E-state index contributed by atoms with van der Waals surface area (Å²) >= 11 is 0. The topological polar surface area (TPSA) is 100 Å². The Kier molecular flexibility index (Phi) is 7.47. The van der Waals surface area contributed by atoms with E-state index in [1.54, 1.807) is 7.11 Å². The summed E-state index contributed by atoms with van der Waals surface area (Å²) in [5.41, 5.74) is 5.03. The third-order valence-electron chi connectivity index (χ3n) is 7.22. The molecule has 1 amide bonds. The van der Waals surface area contributed by atoms with Gasteiger partial charge in [-0.25, -0.2) is 9.97 Å². The number of hydrogen-bond acceptors (Lipinski definition) is 8. The maximum absolute atomic E-state index is 12.3. The van der Waals surface area contributed by atoms with Crippen molar-refractivity contribution in [3.8, 4) is 17.0 Å². The first-order valence-electron chi connectivity index (χ1n) is 13.0. The number of aryl methyl sites for hydroxylation is 1. The van der Waals surface area contributed by atoms with Gasteiger partial charge < -0.3 is 25.2 Å². The summed E-state index contributed by atoms with van der Waals surface area (Å²) in [5.74, 6) is 0.950. The van der Waals surface area contributed by atoms with Gasteiger partial charge in [0.1, 0.15) is 17.9 Å². The normalized spacial score (nSPS) is 15.3. The quantitative estimate of drug-likeness (QED) is 0.307. The molecule has 4 aromatic rings. The van der Waals surface area contributed by atoms with Crippen LogP contribution >= 0.6 is 0 Å². The number of nitrogens with zero attached hydrogens (tertiary/aromatic N) is 6. The summed E-state index contributed by atoms with van der Waals surface area (Å²) in [6.07, 6.45) is 5.71. The van der Waals surface area contributed by atoms with Crippen LogP contribution in [0.4, 0.5) is 22.9 Å². The fourth-order valence-corrected chi connectivity index (χ4v) is 5.06. The van der Waals surface area contributed by atoms with E-state index in [1.165, 1.54) is 12.4 Å². The average molecular weight is 527 g/mol. The van der Waals surface area contributed by atoms with Gasteiger partial charge in [0.05, 0.1) is 41.6 Å². The Morgan fingerprint density at radius 1 is 1.23 bits per heavy atom. The third kappa shape index (κ3) is 5.42. The van der Waals surface area contributed by atoms with Crippen LogP contribution in [0.15, 0.2) is 61.6 Å². The molecule has 2 aromatic heterocycles. The van der Waals surface area contributed by atoms with Crippen molar-refractivity contribution in [2.45, 2.75) is 25.9 Å². The third-order valence-corrected chi connectivity index (χ3v) is 7.22. The van der Waals surface area contributed by atoms with E-state index in [0.29, 0.717) is 29.0 Å². The van der Waals surface area contributed by atoms with Gasteiger partial charge in [0.2, 0.25) is 5.91 Å². The number of anilines is 4. The molecule has 0 radical (unpaired) electrons. The summed E-state index contributed by atoms with van der Waals surface area (Å²) in [7, 11) is 5.80. The lowest BCUT2D eigenvalue weighted by atomic mass is 10.1. The van der Waals surface area contributed by atoms with Crippen LogP contribution in [0.25, 0.3) is 22.2 Å².